The van der Waals surface area contributed by atoms with E-state index in [0.29, 0.717) is 0 Å². The van der Waals surface area contributed by atoms with Gasteiger partial charge in [0.1, 0.15) is 5.82 Å². The molecule has 94 valence electrons. The minimum Gasteiger partial charge on any atom is -0.376 e. The lowest BCUT2D eigenvalue weighted by Gasteiger charge is -2.07. The summed E-state index contributed by atoms with van der Waals surface area (Å²) in [5, 5.41) is 5.76. The molecule has 0 atom stereocenters. The van der Waals surface area contributed by atoms with E-state index in [2.05, 4.69) is 17.6 Å². The molecule has 0 aromatic heterocycles. The average Bonchev–Trinajstić information content (AvgIpc) is 2.34. The molecule has 0 spiro atoms. The number of anilines is 1. The number of nitrogens with one attached hydrogen (secondary N) is 2. The molecule has 1 rings (SSSR count). The van der Waals surface area contributed by atoms with Crippen LogP contribution in [0.1, 0.15) is 26.2 Å². The number of carbonyl (C=O) groups excluding carboxylic acids is 1. The third-order valence-electron chi connectivity index (χ3n) is 2.40. The Morgan fingerprint density at radius 2 is 1.94 bits per heavy atom. The Hall–Kier alpha value is -1.58. The number of halogens is 1. The minimum atomic E-state index is -0.278. The van der Waals surface area contributed by atoms with Crippen molar-refractivity contribution in [1.82, 2.24) is 5.32 Å². The second kappa shape index (κ2) is 7.65. The fraction of sp³-hybridized carbons (Fsp3) is 0.462. The van der Waals surface area contributed by atoms with Crippen molar-refractivity contribution in [3.63, 3.8) is 0 Å². The lowest BCUT2D eigenvalue weighted by atomic mass is 10.2. The van der Waals surface area contributed by atoms with Crippen molar-refractivity contribution in [1.29, 1.82) is 0 Å². The van der Waals surface area contributed by atoms with E-state index in [1.807, 2.05) is 0 Å². The first kappa shape index (κ1) is 13.5. The van der Waals surface area contributed by atoms with Crippen molar-refractivity contribution in [2.24, 2.45) is 0 Å². The summed E-state index contributed by atoms with van der Waals surface area (Å²) in [4.78, 5) is 11.4. The average molecular weight is 238 g/mol. The Balaban J connectivity index is 2.17. The molecule has 0 heterocycles. The highest BCUT2D eigenvalue weighted by atomic mass is 19.1. The van der Waals surface area contributed by atoms with Crippen molar-refractivity contribution < 1.29 is 9.18 Å². The monoisotopic (exact) mass is 238 g/mol. The van der Waals surface area contributed by atoms with E-state index in [1.54, 1.807) is 12.1 Å². The highest BCUT2D eigenvalue weighted by Gasteiger charge is 2.00. The Morgan fingerprint density at radius 1 is 1.24 bits per heavy atom. The Kier molecular flexibility index (Phi) is 6.07. The zero-order valence-electron chi connectivity index (χ0n) is 10.1. The van der Waals surface area contributed by atoms with Crippen molar-refractivity contribution in [2.45, 2.75) is 26.2 Å². The van der Waals surface area contributed by atoms with Crippen LogP contribution < -0.4 is 10.6 Å². The zero-order valence-corrected chi connectivity index (χ0v) is 10.1. The summed E-state index contributed by atoms with van der Waals surface area (Å²) in [5.41, 5.74) is 0.745. The SMILES string of the molecule is CCCCCNC(=O)CNc1ccc(F)cc1. The number of amides is 1. The topological polar surface area (TPSA) is 41.1 Å². The molecular formula is C13H19FN2O. The van der Waals surface area contributed by atoms with Crippen LogP contribution in [0, 0.1) is 5.82 Å². The van der Waals surface area contributed by atoms with Gasteiger partial charge < -0.3 is 10.6 Å². The molecule has 1 aromatic carbocycles. The van der Waals surface area contributed by atoms with E-state index in [1.165, 1.54) is 12.1 Å². The molecule has 0 aliphatic carbocycles. The van der Waals surface area contributed by atoms with Gasteiger partial charge in [0, 0.05) is 12.2 Å². The highest BCUT2D eigenvalue weighted by molar-refractivity contribution is 5.80. The largest absolute Gasteiger partial charge is 0.376 e. The molecule has 0 saturated carbocycles. The van der Waals surface area contributed by atoms with Gasteiger partial charge in [-0.1, -0.05) is 19.8 Å². The predicted octanol–water partition coefficient (Wildman–Crippen LogP) is 2.54. The molecule has 0 aliphatic rings. The van der Waals surface area contributed by atoms with Crippen LogP contribution in [0.15, 0.2) is 24.3 Å². The van der Waals surface area contributed by atoms with Crippen molar-refractivity contribution >= 4 is 11.6 Å². The zero-order chi connectivity index (χ0) is 12.5. The Labute approximate surface area is 101 Å². The number of rotatable bonds is 7. The standard InChI is InChI=1S/C13H19FN2O/c1-2-3-4-9-15-13(17)10-16-12-7-5-11(14)6-8-12/h5-8,16H,2-4,9-10H2,1H3,(H,15,17). The number of hydrogen-bond donors (Lipinski definition) is 2. The smallest absolute Gasteiger partial charge is 0.239 e. The number of hydrogen-bond acceptors (Lipinski definition) is 2. The molecule has 0 radical (unpaired) electrons. The van der Waals surface area contributed by atoms with Gasteiger partial charge >= 0.3 is 0 Å². The first-order valence-corrected chi connectivity index (χ1v) is 5.98. The van der Waals surface area contributed by atoms with Crippen LogP contribution in [0.3, 0.4) is 0 Å². The molecule has 4 heteroatoms. The maximum Gasteiger partial charge on any atom is 0.239 e. The molecular weight excluding hydrogens is 219 g/mol. The summed E-state index contributed by atoms with van der Waals surface area (Å²) in [5.74, 6) is -0.315. The van der Waals surface area contributed by atoms with Crippen molar-refractivity contribution in [3.8, 4) is 0 Å². The number of carbonyl (C=O) groups is 1. The molecule has 17 heavy (non-hydrogen) atoms. The van der Waals surface area contributed by atoms with Crippen LogP contribution >= 0.6 is 0 Å². The van der Waals surface area contributed by atoms with Crippen LogP contribution in [-0.4, -0.2) is 19.0 Å². The van der Waals surface area contributed by atoms with Crippen molar-refractivity contribution in [3.05, 3.63) is 30.1 Å². The van der Waals surface area contributed by atoms with E-state index < -0.39 is 0 Å². The fourth-order valence-corrected chi connectivity index (χ4v) is 1.42. The first-order valence-electron chi connectivity index (χ1n) is 5.98. The van der Waals surface area contributed by atoms with Crippen LogP contribution in [-0.2, 0) is 4.79 Å². The fourth-order valence-electron chi connectivity index (χ4n) is 1.42. The lowest BCUT2D eigenvalue weighted by Crippen LogP contribution is -2.30. The van der Waals surface area contributed by atoms with Crippen LogP contribution in [0.5, 0.6) is 0 Å². The van der Waals surface area contributed by atoms with Gasteiger partial charge in [-0.2, -0.15) is 0 Å². The summed E-state index contributed by atoms with van der Waals surface area (Å²) in [7, 11) is 0. The number of unbranched alkanes of at least 4 members (excludes halogenated alkanes) is 2. The van der Waals surface area contributed by atoms with E-state index in [4.69, 9.17) is 0 Å². The molecule has 0 fully saturated rings. The Bertz CT molecular complexity index is 338. The maximum absolute atomic E-state index is 12.6. The third-order valence-corrected chi connectivity index (χ3v) is 2.40. The number of benzene rings is 1. The maximum atomic E-state index is 12.6. The predicted molar refractivity (Wildman–Crippen MR) is 67.4 cm³/mol. The van der Waals surface area contributed by atoms with Crippen molar-refractivity contribution in [2.75, 3.05) is 18.4 Å². The van der Waals surface area contributed by atoms with E-state index in [0.717, 1.165) is 31.5 Å². The van der Waals surface area contributed by atoms with Gasteiger partial charge in [0.05, 0.1) is 6.54 Å². The summed E-state index contributed by atoms with van der Waals surface area (Å²) in [6, 6.07) is 5.95. The molecule has 3 nitrogen and oxygen atoms in total. The van der Waals surface area contributed by atoms with E-state index in [9.17, 15) is 9.18 Å². The molecule has 2 N–H and O–H groups in total. The van der Waals surface area contributed by atoms with E-state index >= 15 is 0 Å². The normalized spacial score (nSPS) is 10.0. The lowest BCUT2D eigenvalue weighted by molar-refractivity contribution is -0.119. The van der Waals surface area contributed by atoms with Crippen LogP contribution in [0.25, 0.3) is 0 Å². The van der Waals surface area contributed by atoms with Gasteiger partial charge in [-0.25, -0.2) is 4.39 Å². The molecule has 1 amide bonds. The van der Waals surface area contributed by atoms with Gasteiger partial charge in [-0.3, -0.25) is 4.79 Å². The van der Waals surface area contributed by atoms with Gasteiger partial charge in [0.15, 0.2) is 0 Å². The molecule has 0 saturated heterocycles. The van der Waals surface area contributed by atoms with Gasteiger partial charge in [-0.05, 0) is 30.7 Å². The summed E-state index contributed by atoms with van der Waals surface area (Å²) in [6.07, 6.45) is 3.29. The second-order valence-corrected chi connectivity index (χ2v) is 3.92. The Morgan fingerprint density at radius 3 is 2.59 bits per heavy atom. The first-order chi connectivity index (χ1) is 8.22. The van der Waals surface area contributed by atoms with Crippen LogP contribution in [0.4, 0.5) is 10.1 Å². The van der Waals surface area contributed by atoms with Gasteiger partial charge in [-0.15, -0.1) is 0 Å². The van der Waals surface area contributed by atoms with Crippen LogP contribution in [0.2, 0.25) is 0 Å². The van der Waals surface area contributed by atoms with Gasteiger partial charge in [0.2, 0.25) is 5.91 Å². The highest BCUT2D eigenvalue weighted by Crippen LogP contribution is 2.07. The summed E-state index contributed by atoms with van der Waals surface area (Å²) >= 11 is 0. The quantitative estimate of drug-likeness (QED) is 0.717. The summed E-state index contributed by atoms with van der Waals surface area (Å²) < 4.78 is 12.6. The minimum absolute atomic E-state index is 0.0366. The third kappa shape index (κ3) is 5.90. The summed E-state index contributed by atoms with van der Waals surface area (Å²) in [6.45, 7) is 3.06. The molecule has 0 unspecified atom stereocenters. The van der Waals surface area contributed by atoms with E-state index in [-0.39, 0.29) is 18.3 Å². The van der Waals surface area contributed by atoms with Gasteiger partial charge in [0.25, 0.3) is 0 Å². The molecule has 0 bridgehead atoms. The molecule has 0 aliphatic heterocycles. The second-order valence-electron chi connectivity index (χ2n) is 3.92. The molecule has 1 aromatic rings.